The summed E-state index contributed by atoms with van der Waals surface area (Å²) in [4.78, 5) is 12.9. The normalized spacial score (nSPS) is 10.5. The average molecular weight is 432 g/mol. The molecule has 0 aliphatic rings. The second-order valence-electron chi connectivity index (χ2n) is 7.82. The summed E-state index contributed by atoms with van der Waals surface area (Å²) in [5, 5.41) is 2.97. The number of carbonyl (C=O) groups excluding carboxylic acids is 1. The summed E-state index contributed by atoms with van der Waals surface area (Å²) < 4.78 is 11.8. The molecule has 32 heavy (non-hydrogen) atoms. The van der Waals surface area contributed by atoms with Gasteiger partial charge in [-0.25, -0.2) is 0 Å². The SMILES string of the molecule is CCCCCCCOc1cccc(NC(=O)c2ccccc2OCCc2ccccc2)c1. The van der Waals surface area contributed by atoms with E-state index >= 15 is 0 Å². The predicted octanol–water partition coefficient (Wildman–Crippen LogP) is 6.91. The number of benzene rings is 3. The van der Waals surface area contributed by atoms with E-state index < -0.39 is 0 Å². The van der Waals surface area contributed by atoms with Crippen LogP contribution in [0.5, 0.6) is 11.5 Å². The van der Waals surface area contributed by atoms with Crippen LogP contribution in [0.3, 0.4) is 0 Å². The second kappa shape index (κ2) is 13.2. The third-order valence-corrected chi connectivity index (χ3v) is 5.23. The van der Waals surface area contributed by atoms with Crippen molar-refractivity contribution in [3.05, 3.63) is 90.0 Å². The van der Waals surface area contributed by atoms with Crippen molar-refractivity contribution in [2.24, 2.45) is 0 Å². The lowest BCUT2D eigenvalue weighted by Crippen LogP contribution is -2.14. The van der Waals surface area contributed by atoms with Crippen LogP contribution >= 0.6 is 0 Å². The first-order valence-electron chi connectivity index (χ1n) is 11.6. The monoisotopic (exact) mass is 431 g/mol. The maximum atomic E-state index is 12.9. The minimum atomic E-state index is -0.197. The Kier molecular flexibility index (Phi) is 9.66. The Balaban J connectivity index is 1.53. The van der Waals surface area contributed by atoms with Crippen molar-refractivity contribution in [1.29, 1.82) is 0 Å². The standard InChI is InChI=1S/C28H33NO3/c1-2-3-4-5-11-20-31-25-16-12-15-24(22-25)29-28(30)26-17-9-10-18-27(26)32-21-19-23-13-7-6-8-14-23/h6-10,12-18,22H,2-5,11,19-21H2,1H3,(H,29,30). The Morgan fingerprint density at radius 3 is 2.41 bits per heavy atom. The summed E-state index contributed by atoms with van der Waals surface area (Å²) in [7, 11) is 0. The van der Waals surface area contributed by atoms with Gasteiger partial charge in [-0.15, -0.1) is 0 Å². The van der Waals surface area contributed by atoms with E-state index in [-0.39, 0.29) is 5.91 Å². The first kappa shape index (κ1) is 23.4. The van der Waals surface area contributed by atoms with Gasteiger partial charge < -0.3 is 14.8 Å². The quantitative estimate of drug-likeness (QED) is 0.299. The molecule has 0 aromatic heterocycles. The molecule has 3 rings (SSSR count). The van der Waals surface area contributed by atoms with Crippen LogP contribution in [0.25, 0.3) is 0 Å². The summed E-state index contributed by atoms with van der Waals surface area (Å²) >= 11 is 0. The zero-order chi connectivity index (χ0) is 22.4. The maximum absolute atomic E-state index is 12.9. The molecule has 3 aromatic carbocycles. The zero-order valence-electron chi connectivity index (χ0n) is 18.9. The number of anilines is 1. The molecule has 0 atom stereocenters. The van der Waals surface area contributed by atoms with Crippen LogP contribution in [0.2, 0.25) is 0 Å². The Bertz CT molecular complexity index is 956. The molecule has 3 aromatic rings. The van der Waals surface area contributed by atoms with E-state index in [4.69, 9.17) is 9.47 Å². The molecule has 0 aliphatic carbocycles. The van der Waals surface area contributed by atoms with Crippen LogP contribution in [0.1, 0.15) is 54.9 Å². The van der Waals surface area contributed by atoms with E-state index in [0.29, 0.717) is 30.2 Å². The Hall–Kier alpha value is -3.27. The number of para-hydroxylation sites is 1. The summed E-state index contributed by atoms with van der Waals surface area (Å²) in [6, 6.07) is 25.0. The number of rotatable bonds is 13. The molecule has 0 fully saturated rings. The Morgan fingerprint density at radius 1 is 0.781 bits per heavy atom. The van der Waals surface area contributed by atoms with Crippen molar-refractivity contribution in [2.75, 3.05) is 18.5 Å². The van der Waals surface area contributed by atoms with Crippen LogP contribution in [-0.2, 0) is 6.42 Å². The molecule has 0 radical (unpaired) electrons. The van der Waals surface area contributed by atoms with E-state index in [1.165, 1.54) is 31.2 Å². The van der Waals surface area contributed by atoms with Gasteiger partial charge in [0.15, 0.2) is 0 Å². The minimum absolute atomic E-state index is 0.197. The topological polar surface area (TPSA) is 47.6 Å². The highest BCUT2D eigenvalue weighted by molar-refractivity contribution is 6.06. The first-order chi connectivity index (χ1) is 15.8. The fourth-order valence-electron chi connectivity index (χ4n) is 3.46. The van der Waals surface area contributed by atoms with Crippen LogP contribution in [0.15, 0.2) is 78.9 Å². The molecule has 4 nitrogen and oxygen atoms in total. The second-order valence-corrected chi connectivity index (χ2v) is 7.82. The number of unbranched alkanes of at least 4 members (excludes halogenated alkanes) is 4. The lowest BCUT2D eigenvalue weighted by molar-refractivity contribution is 0.102. The zero-order valence-corrected chi connectivity index (χ0v) is 18.9. The maximum Gasteiger partial charge on any atom is 0.259 e. The van der Waals surface area contributed by atoms with Gasteiger partial charge in [0.1, 0.15) is 11.5 Å². The number of carbonyl (C=O) groups is 1. The highest BCUT2D eigenvalue weighted by Gasteiger charge is 2.13. The molecule has 4 heteroatoms. The van der Waals surface area contributed by atoms with Gasteiger partial charge in [-0.2, -0.15) is 0 Å². The fourth-order valence-corrected chi connectivity index (χ4v) is 3.46. The van der Waals surface area contributed by atoms with Gasteiger partial charge in [0.25, 0.3) is 5.91 Å². The smallest absolute Gasteiger partial charge is 0.259 e. The van der Waals surface area contributed by atoms with E-state index in [2.05, 4.69) is 24.4 Å². The molecule has 0 saturated heterocycles. The molecular formula is C28H33NO3. The van der Waals surface area contributed by atoms with Crippen LogP contribution in [0.4, 0.5) is 5.69 Å². The van der Waals surface area contributed by atoms with Crippen molar-refractivity contribution < 1.29 is 14.3 Å². The number of amides is 1. The third kappa shape index (κ3) is 7.77. The first-order valence-corrected chi connectivity index (χ1v) is 11.6. The minimum Gasteiger partial charge on any atom is -0.494 e. The number of hydrogen-bond acceptors (Lipinski definition) is 3. The molecule has 0 spiro atoms. The molecule has 168 valence electrons. The van der Waals surface area contributed by atoms with Crippen LogP contribution < -0.4 is 14.8 Å². The predicted molar refractivity (Wildman–Crippen MR) is 131 cm³/mol. The van der Waals surface area contributed by atoms with Gasteiger partial charge in [-0.3, -0.25) is 4.79 Å². The van der Waals surface area contributed by atoms with Gasteiger partial charge in [0, 0.05) is 18.2 Å². The number of ether oxygens (including phenoxy) is 2. The van der Waals surface area contributed by atoms with E-state index in [9.17, 15) is 4.79 Å². The molecule has 1 N–H and O–H groups in total. The van der Waals surface area contributed by atoms with Gasteiger partial charge in [0.2, 0.25) is 0 Å². The Morgan fingerprint density at radius 2 is 1.56 bits per heavy atom. The fraction of sp³-hybridized carbons (Fsp3) is 0.321. The van der Waals surface area contributed by atoms with Crippen molar-refractivity contribution in [3.8, 4) is 11.5 Å². The van der Waals surface area contributed by atoms with Gasteiger partial charge >= 0.3 is 0 Å². The number of hydrogen-bond donors (Lipinski definition) is 1. The van der Waals surface area contributed by atoms with Gasteiger partial charge in [0.05, 0.1) is 18.8 Å². The van der Waals surface area contributed by atoms with Gasteiger partial charge in [-0.1, -0.05) is 81.1 Å². The van der Waals surface area contributed by atoms with E-state index in [1.807, 2.05) is 60.7 Å². The summed E-state index contributed by atoms with van der Waals surface area (Å²) in [5.74, 6) is 1.16. The molecular weight excluding hydrogens is 398 g/mol. The summed E-state index contributed by atoms with van der Waals surface area (Å²) in [5.41, 5.74) is 2.43. The molecule has 0 saturated carbocycles. The molecule has 0 aliphatic heterocycles. The van der Waals surface area contributed by atoms with E-state index in [1.54, 1.807) is 6.07 Å². The molecule has 0 heterocycles. The van der Waals surface area contributed by atoms with Crippen molar-refractivity contribution >= 4 is 11.6 Å². The van der Waals surface area contributed by atoms with Gasteiger partial charge in [-0.05, 0) is 36.2 Å². The highest BCUT2D eigenvalue weighted by Crippen LogP contribution is 2.22. The molecule has 0 bridgehead atoms. The third-order valence-electron chi connectivity index (χ3n) is 5.23. The van der Waals surface area contributed by atoms with Crippen molar-refractivity contribution in [1.82, 2.24) is 0 Å². The summed E-state index contributed by atoms with van der Waals surface area (Å²) in [6.45, 7) is 3.42. The summed E-state index contributed by atoms with van der Waals surface area (Å²) in [6.07, 6.45) is 6.79. The lowest BCUT2D eigenvalue weighted by atomic mass is 10.1. The molecule has 1 amide bonds. The number of nitrogens with one attached hydrogen (secondary N) is 1. The Labute approximate surface area is 191 Å². The largest absolute Gasteiger partial charge is 0.494 e. The lowest BCUT2D eigenvalue weighted by Gasteiger charge is -2.13. The highest BCUT2D eigenvalue weighted by atomic mass is 16.5. The van der Waals surface area contributed by atoms with Crippen molar-refractivity contribution in [2.45, 2.75) is 45.4 Å². The van der Waals surface area contributed by atoms with Crippen LogP contribution in [-0.4, -0.2) is 19.1 Å². The molecule has 0 unspecified atom stereocenters. The average Bonchev–Trinajstić information content (AvgIpc) is 2.82. The van der Waals surface area contributed by atoms with Crippen molar-refractivity contribution in [3.63, 3.8) is 0 Å². The van der Waals surface area contributed by atoms with Crippen LogP contribution in [0, 0.1) is 0 Å². The van der Waals surface area contributed by atoms with E-state index in [0.717, 1.165) is 18.6 Å².